The van der Waals surface area contributed by atoms with Gasteiger partial charge in [0, 0.05) is 16.7 Å². The third-order valence-electron chi connectivity index (χ3n) is 1.78. The minimum atomic E-state index is -4.37. The van der Waals surface area contributed by atoms with Gasteiger partial charge in [-0.05, 0) is 18.0 Å². The zero-order chi connectivity index (χ0) is 12.2. The normalized spacial score (nSPS) is 11.0. The van der Waals surface area contributed by atoms with Crippen LogP contribution >= 0.6 is 0 Å². The number of rotatable bonds is 4. The number of hydrogen-bond donors (Lipinski definition) is 1. The molecule has 0 amide bonds. The van der Waals surface area contributed by atoms with Crippen molar-refractivity contribution in [1.82, 2.24) is 4.98 Å². The van der Waals surface area contributed by atoms with E-state index < -0.39 is 12.8 Å². The highest BCUT2D eigenvalue weighted by Gasteiger charge is 2.28. The van der Waals surface area contributed by atoms with Gasteiger partial charge in [-0.3, -0.25) is 0 Å². The van der Waals surface area contributed by atoms with E-state index in [0.29, 0.717) is 11.3 Å². The molecular formula is C8H9F3N4O. The van der Waals surface area contributed by atoms with Crippen LogP contribution in [0.3, 0.4) is 0 Å². The molecule has 0 bridgehead atoms. The molecule has 0 saturated carbocycles. The van der Waals surface area contributed by atoms with Crippen molar-refractivity contribution >= 4 is 0 Å². The number of nitrogens with zero attached hydrogens (tertiary/aromatic N) is 3. The van der Waals surface area contributed by atoms with Gasteiger partial charge >= 0.3 is 6.18 Å². The predicted octanol–water partition coefficient (Wildman–Crippen LogP) is 3.07. The number of aryl methyl sites for hydroxylation is 1. The monoisotopic (exact) mass is 234 g/mol. The molecule has 1 heterocycles. The van der Waals surface area contributed by atoms with Crippen molar-refractivity contribution in [2.45, 2.75) is 19.6 Å². The van der Waals surface area contributed by atoms with Crippen molar-refractivity contribution < 1.29 is 17.9 Å². The standard InChI is InChI=1S/C8H9F3N4O/c1-5-2-7(16-4-8(9,10)11)14-6(5)3-13-15-12/h2,14H,3-4H2,1H3. The van der Waals surface area contributed by atoms with Crippen LogP contribution in [0.2, 0.25) is 0 Å². The lowest BCUT2D eigenvalue weighted by atomic mass is 10.3. The fraction of sp³-hybridized carbons (Fsp3) is 0.500. The van der Waals surface area contributed by atoms with E-state index in [1.54, 1.807) is 6.92 Å². The van der Waals surface area contributed by atoms with Gasteiger partial charge in [-0.1, -0.05) is 5.11 Å². The zero-order valence-electron chi connectivity index (χ0n) is 8.38. The highest BCUT2D eigenvalue weighted by molar-refractivity contribution is 5.28. The zero-order valence-corrected chi connectivity index (χ0v) is 8.38. The molecule has 8 heteroatoms. The fourth-order valence-corrected chi connectivity index (χ4v) is 1.07. The first-order valence-corrected chi connectivity index (χ1v) is 4.31. The number of H-pyrrole nitrogens is 1. The van der Waals surface area contributed by atoms with E-state index in [9.17, 15) is 13.2 Å². The van der Waals surface area contributed by atoms with E-state index in [1.165, 1.54) is 6.07 Å². The summed E-state index contributed by atoms with van der Waals surface area (Å²) in [6.07, 6.45) is -4.37. The maximum absolute atomic E-state index is 11.8. The molecule has 0 unspecified atom stereocenters. The van der Waals surface area contributed by atoms with E-state index in [2.05, 4.69) is 19.7 Å². The summed E-state index contributed by atoms with van der Waals surface area (Å²) in [6.45, 7) is 0.380. The third-order valence-corrected chi connectivity index (χ3v) is 1.78. The molecule has 0 aliphatic carbocycles. The summed E-state index contributed by atoms with van der Waals surface area (Å²) < 4.78 is 40.0. The summed E-state index contributed by atoms with van der Waals surface area (Å²) in [7, 11) is 0. The van der Waals surface area contributed by atoms with Gasteiger partial charge in [-0.15, -0.1) is 0 Å². The average molecular weight is 234 g/mol. The second-order valence-corrected chi connectivity index (χ2v) is 3.09. The molecule has 0 saturated heterocycles. The molecular weight excluding hydrogens is 225 g/mol. The Hall–Kier alpha value is -1.82. The van der Waals surface area contributed by atoms with Crippen molar-refractivity contribution in [1.29, 1.82) is 0 Å². The van der Waals surface area contributed by atoms with Crippen LogP contribution < -0.4 is 4.74 Å². The molecule has 88 valence electrons. The SMILES string of the molecule is Cc1cc(OCC(F)(F)F)[nH]c1CN=[N+]=[N-]. The van der Waals surface area contributed by atoms with Crippen molar-refractivity contribution in [2.24, 2.45) is 5.11 Å². The second kappa shape index (κ2) is 4.80. The molecule has 1 aromatic rings. The number of halogens is 3. The van der Waals surface area contributed by atoms with E-state index in [0.717, 1.165) is 0 Å². The smallest absolute Gasteiger partial charge is 0.422 e. The fourth-order valence-electron chi connectivity index (χ4n) is 1.07. The van der Waals surface area contributed by atoms with Gasteiger partial charge in [0.2, 0.25) is 0 Å². The summed E-state index contributed by atoms with van der Waals surface area (Å²) in [4.78, 5) is 5.15. The van der Waals surface area contributed by atoms with Crippen molar-refractivity contribution in [2.75, 3.05) is 6.61 Å². The lowest BCUT2D eigenvalue weighted by molar-refractivity contribution is -0.154. The van der Waals surface area contributed by atoms with E-state index in [-0.39, 0.29) is 12.4 Å². The first-order chi connectivity index (χ1) is 7.42. The molecule has 1 rings (SSSR count). The van der Waals surface area contributed by atoms with Crippen LogP contribution in [0, 0.1) is 6.92 Å². The second-order valence-electron chi connectivity index (χ2n) is 3.09. The van der Waals surface area contributed by atoms with Gasteiger partial charge in [0.1, 0.15) is 0 Å². The van der Waals surface area contributed by atoms with Crippen molar-refractivity contribution in [3.8, 4) is 5.88 Å². The molecule has 0 atom stereocenters. The van der Waals surface area contributed by atoms with Gasteiger partial charge in [0.15, 0.2) is 12.5 Å². The highest BCUT2D eigenvalue weighted by Crippen LogP contribution is 2.20. The van der Waals surface area contributed by atoms with Crippen molar-refractivity contribution in [3.05, 3.63) is 27.8 Å². The Kier molecular flexibility index (Phi) is 3.68. The Morgan fingerprint density at radius 1 is 1.56 bits per heavy atom. The summed E-state index contributed by atoms with van der Waals surface area (Å²) in [5.41, 5.74) is 9.32. The molecule has 16 heavy (non-hydrogen) atoms. The number of aromatic amines is 1. The van der Waals surface area contributed by atoms with Crippen LogP contribution in [0.15, 0.2) is 11.2 Å². The maximum Gasteiger partial charge on any atom is 0.422 e. The van der Waals surface area contributed by atoms with Gasteiger partial charge in [-0.25, -0.2) is 0 Å². The number of nitrogens with one attached hydrogen (secondary N) is 1. The lowest BCUT2D eigenvalue weighted by Crippen LogP contribution is -2.19. The van der Waals surface area contributed by atoms with Gasteiger partial charge in [0.25, 0.3) is 0 Å². The predicted molar refractivity (Wildman–Crippen MR) is 49.9 cm³/mol. The molecule has 0 spiro atoms. The maximum atomic E-state index is 11.8. The minimum absolute atomic E-state index is 0.0120. The van der Waals surface area contributed by atoms with Gasteiger partial charge in [0.05, 0.1) is 6.54 Å². The summed E-state index contributed by atoms with van der Waals surface area (Å²) in [5.74, 6) is 0.0120. The third kappa shape index (κ3) is 3.74. The Bertz CT molecular complexity index is 406. The molecule has 0 radical (unpaired) electrons. The largest absolute Gasteiger partial charge is 0.469 e. The van der Waals surface area contributed by atoms with Crippen LogP contribution in [-0.4, -0.2) is 17.8 Å². The number of aromatic nitrogens is 1. The Morgan fingerprint density at radius 3 is 2.81 bits per heavy atom. The number of azide groups is 1. The summed E-state index contributed by atoms with van der Waals surface area (Å²) in [6, 6.07) is 1.42. The van der Waals surface area contributed by atoms with E-state index >= 15 is 0 Å². The van der Waals surface area contributed by atoms with Gasteiger partial charge in [-0.2, -0.15) is 13.2 Å². The van der Waals surface area contributed by atoms with Crippen LogP contribution in [0.5, 0.6) is 5.88 Å². The van der Waals surface area contributed by atoms with E-state index in [4.69, 9.17) is 5.53 Å². The Balaban J connectivity index is 2.65. The summed E-state index contributed by atoms with van der Waals surface area (Å²) >= 11 is 0. The van der Waals surface area contributed by atoms with Crippen LogP contribution in [-0.2, 0) is 6.54 Å². The van der Waals surface area contributed by atoms with Crippen LogP contribution in [0.25, 0.3) is 10.4 Å². The molecule has 0 aliphatic rings. The molecule has 0 aromatic carbocycles. The van der Waals surface area contributed by atoms with Gasteiger partial charge < -0.3 is 9.72 Å². The molecule has 1 aromatic heterocycles. The Labute approximate surface area is 88.8 Å². The first-order valence-electron chi connectivity index (χ1n) is 4.31. The minimum Gasteiger partial charge on any atom is -0.469 e. The first kappa shape index (κ1) is 12.3. The molecule has 0 fully saturated rings. The highest BCUT2D eigenvalue weighted by atomic mass is 19.4. The number of alkyl halides is 3. The van der Waals surface area contributed by atoms with E-state index in [1.807, 2.05) is 0 Å². The van der Waals surface area contributed by atoms with Crippen LogP contribution in [0.1, 0.15) is 11.3 Å². The molecule has 1 N–H and O–H groups in total. The quantitative estimate of drug-likeness (QED) is 0.485. The molecule has 0 aliphatic heterocycles. The molecule has 5 nitrogen and oxygen atoms in total. The van der Waals surface area contributed by atoms with Crippen molar-refractivity contribution in [3.63, 3.8) is 0 Å². The number of ether oxygens (including phenoxy) is 1. The number of hydrogen-bond acceptors (Lipinski definition) is 2. The van der Waals surface area contributed by atoms with Crippen LogP contribution in [0.4, 0.5) is 13.2 Å². The Morgan fingerprint density at radius 2 is 2.25 bits per heavy atom. The lowest BCUT2D eigenvalue weighted by Gasteiger charge is -2.06. The topological polar surface area (TPSA) is 73.8 Å². The average Bonchev–Trinajstić information content (AvgIpc) is 2.52. The summed E-state index contributed by atoms with van der Waals surface area (Å²) in [5, 5.41) is 3.30.